The second-order valence-corrected chi connectivity index (χ2v) is 7.67. The number of H-pyrrole nitrogens is 1. The molecule has 0 saturated heterocycles. The molecule has 0 radical (unpaired) electrons. The second-order valence-electron chi connectivity index (χ2n) is 6.35. The zero-order chi connectivity index (χ0) is 18.5. The van der Waals surface area contributed by atoms with Crippen molar-refractivity contribution < 1.29 is 14.3 Å². The van der Waals surface area contributed by atoms with Gasteiger partial charge in [-0.1, -0.05) is 0 Å². The number of carbonyl (C=O) groups is 2. The lowest BCUT2D eigenvalue weighted by Gasteiger charge is -2.12. The van der Waals surface area contributed by atoms with E-state index in [9.17, 15) is 9.59 Å². The van der Waals surface area contributed by atoms with Crippen LogP contribution >= 0.6 is 11.3 Å². The highest BCUT2D eigenvalue weighted by Gasteiger charge is 2.29. The molecule has 3 rings (SSSR count). The first-order valence-corrected chi connectivity index (χ1v) is 9.56. The van der Waals surface area contributed by atoms with E-state index in [1.807, 2.05) is 19.9 Å². The molecule has 1 aliphatic carbocycles. The van der Waals surface area contributed by atoms with Crippen LogP contribution in [-0.2, 0) is 16.0 Å². The summed E-state index contributed by atoms with van der Waals surface area (Å²) in [5.41, 5.74) is 0.955. The van der Waals surface area contributed by atoms with Gasteiger partial charge >= 0.3 is 6.09 Å². The van der Waals surface area contributed by atoms with Gasteiger partial charge in [0, 0.05) is 35.3 Å². The molecule has 26 heavy (non-hydrogen) atoms. The average Bonchev–Trinajstić information content (AvgIpc) is 3.29. The van der Waals surface area contributed by atoms with Gasteiger partial charge in [-0.15, -0.1) is 11.3 Å². The van der Waals surface area contributed by atoms with E-state index in [-0.39, 0.29) is 24.0 Å². The van der Waals surface area contributed by atoms with Crippen molar-refractivity contribution in [2.75, 3.05) is 11.9 Å². The van der Waals surface area contributed by atoms with Crippen LogP contribution in [0, 0.1) is 6.92 Å². The summed E-state index contributed by atoms with van der Waals surface area (Å²) in [7, 11) is 0. The number of alkyl carbamates (subject to hydrolysis) is 1. The zero-order valence-corrected chi connectivity index (χ0v) is 15.7. The summed E-state index contributed by atoms with van der Waals surface area (Å²) >= 11 is 1.51. The van der Waals surface area contributed by atoms with E-state index in [1.54, 1.807) is 6.20 Å². The number of nitrogens with one attached hydrogen (secondary N) is 3. The third kappa shape index (κ3) is 4.81. The van der Waals surface area contributed by atoms with Gasteiger partial charge in [-0.25, -0.2) is 9.78 Å². The molecule has 2 aromatic heterocycles. The molecule has 0 spiro atoms. The smallest absolute Gasteiger partial charge is 0.407 e. The monoisotopic (exact) mass is 377 g/mol. The Labute approximate surface area is 155 Å². The Balaban J connectivity index is 1.50. The summed E-state index contributed by atoms with van der Waals surface area (Å²) in [5.74, 6) is 0.645. The molecule has 1 aliphatic rings. The Kier molecular flexibility index (Phi) is 5.87. The van der Waals surface area contributed by atoms with Crippen LogP contribution in [0.3, 0.4) is 0 Å². The second kappa shape index (κ2) is 8.31. The van der Waals surface area contributed by atoms with Crippen molar-refractivity contribution >= 4 is 29.2 Å². The first-order valence-electron chi connectivity index (χ1n) is 8.74. The summed E-state index contributed by atoms with van der Waals surface area (Å²) in [5, 5.41) is 13.6. The highest BCUT2D eigenvalue weighted by Crippen LogP contribution is 2.35. The van der Waals surface area contributed by atoms with Crippen LogP contribution in [-0.4, -0.2) is 39.8 Å². The molecule has 140 valence electrons. The van der Waals surface area contributed by atoms with Crippen molar-refractivity contribution in [1.82, 2.24) is 20.5 Å². The summed E-state index contributed by atoms with van der Waals surface area (Å²) in [6.07, 6.45) is 4.07. The number of carbonyl (C=O) groups excluding carboxylic acids is 2. The van der Waals surface area contributed by atoms with Gasteiger partial charge < -0.3 is 15.4 Å². The summed E-state index contributed by atoms with van der Waals surface area (Å²) in [6.45, 7) is 4.32. The van der Waals surface area contributed by atoms with Crippen LogP contribution in [0.25, 0.3) is 0 Å². The first kappa shape index (κ1) is 18.4. The molecule has 0 unspecified atom stereocenters. The Bertz CT molecular complexity index is 772. The molecule has 0 bridgehead atoms. The first-order chi connectivity index (χ1) is 12.5. The van der Waals surface area contributed by atoms with Crippen LogP contribution in [0.2, 0.25) is 0 Å². The van der Waals surface area contributed by atoms with Gasteiger partial charge in [0.2, 0.25) is 5.91 Å². The molecule has 0 aliphatic heterocycles. The van der Waals surface area contributed by atoms with Crippen molar-refractivity contribution in [3.8, 4) is 0 Å². The summed E-state index contributed by atoms with van der Waals surface area (Å²) < 4.78 is 5.38. The predicted octanol–water partition coefficient (Wildman–Crippen LogP) is 2.74. The van der Waals surface area contributed by atoms with Gasteiger partial charge in [-0.3, -0.25) is 9.89 Å². The maximum absolute atomic E-state index is 12.1. The number of ether oxygens (including phenoxy) is 1. The number of aryl methyl sites for hydroxylation is 1. The molecule has 1 saturated carbocycles. The molecular weight excluding hydrogens is 354 g/mol. The fraction of sp³-hybridized carbons (Fsp3) is 0.529. The van der Waals surface area contributed by atoms with Crippen LogP contribution in [0.4, 0.5) is 10.6 Å². The lowest BCUT2D eigenvalue weighted by Crippen LogP contribution is -2.27. The molecule has 0 aromatic carbocycles. The SMILES string of the molecule is CCNC(=O)O[C@@H]1CC[C@H](c2cc(NC(=O)Cc3cnc(C)s3)n[nH]2)C1. The molecule has 2 aromatic rings. The van der Waals surface area contributed by atoms with Crippen molar-refractivity contribution in [2.24, 2.45) is 0 Å². The van der Waals surface area contributed by atoms with E-state index < -0.39 is 0 Å². The lowest BCUT2D eigenvalue weighted by atomic mass is 10.0. The Hall–Kier alpha value is -2.42. The van der Waals surface area contributed by atoms with Gasteiger partial charge in [0.25, 0.3) is 0 Å². The number of aromatic nitrogens is 3. The average molecular weight is 377 g/mol. The number of hydrogen-bond acceptors (Lipinski definition) is 6. The van der Waals surface area contributed by atoms with E-state index in [0.29, 0.717) is 18.8 Å². The van der Waals surface area contributed by atoms with E-state index in [1.165, 1.54) is 11.3 Å². The van der Waals surface area contributed by atoms with Crippen LogP contribution in [0.15, 0.2) is 12.3 Å². The number of amides is 2. The number of anilines is 1. The maximum atomic E-state index is 12.1. The van der Waals surface area contributed by atoms with Gasteiger partial charge in [0.05, 0.1) is 11.4 Å². The van der Waals surface area contributed by atoms with Crippen molar-refractivity contribution in [2.45, 2.75) is 51.6 Å². The molecule has 1 fully saturated rings. The van der Waals surface area contributed by atoms with Gasteiger partial charge in [0.1, 0.15) is 6.10 Å². The molecular formula is C17H23N5O3S. The third-order valence-corrected chi connectivity index (χ3v) is 5.20. The van der Waals surface area contributed by atoms with E-state index in [2.05, 4.69) is 25.8 Å². The lowest BCUT2D eigenvalue weighted by molar-refractivity contribution is -0.115. The molecule has 9 heteroatoms. The van der Waals surface area contributed by atoms with Crippen molar-refractivity contribution in [3.05, 3.63) is 27.8 Å². The summed E-state index contributed by atoms with van der Waals surface area (Å²) in [6, 6.07) is 1.86. The van der Waals surface area contributed by atoms with Crippen molar-refractivity contribution in [3.63, 3.8) is 0 Å². The molecule has 2 heterocycles. The standard InChI is InChI=1S/C17H23N5O3S/c1-3-18-17(24)25-12-5-4-11(6-12)14-8-15(22-21-14)20-16(23)7-13-9-19-10(2)26-13/h8-9,11-12H,3-7H2,1-2H3,(H,18,24)(H2,20,21,22,23)/t11-,12+/m0/s1. The Morgan fingerprint density at radius 3 is 3.00 bits per heavy atom. The van der Waals surface area contributed by atoms with Gasteiger partial charge in [-0.05, 0) is 33.1 Å². The number of thiazole rings is 1. The fourth-order valence-corrected chi connectivity index (χ4v) is 3.90. The quantitative estimate of drug-likeness (QED) is 0.717. The fourth-order valence-electron chi connectivity index (χ4n) is 3.11. The van der Waals surface area contributed by atoms with Crippen LogP contribution < -0.4 is 10.6 Å². The minimum absolute atomic E-state index is 0.0811. The topological polar surface area (TPSA) is 109 Å². The minimum Gasteiger partial charge on any atom is -0.446 e. The van der Waals surface area contributed by atoms with E-state index in [4.69, 9.17) is 4.74 Å². The maximum Gasteiger partial charge on any atom is 0.407 e. The Morgan fingerprint density at radius 2 is 2.27 bits per heavy atom. The molecule has 2 amide bonds. The molecule has 3 N–H and O–H groups in total. The minimum atomic E-state index is -0.367. The van der Waals surface area contributed by atoms with Crippen LogP contribution in [0.5, 0.6) is 0 Å². The van der Waals surface area contributed by atoms with E-state index >= 15 is 0 Å². The van der Waals surface area contributed by atoms with Gasteiger partial charge in [-0.2, -0.15) is 5.10 Å². The Morgan fingerprint density at radius 1 is 1.42 bits per heavy atom. The highest BCUT2D eigenvalue weighted by atomic mass is 32.1. The third-order valence-electron chi connectivity index (χ3n) is 4.29. The number of nitrogens with zero attached hydrogens (tertiary/aromatic N) is 2. The molecule has 2 atom stereocenters. The largest absolute Gasteiger partial charge is 0.446 e. The normalized spacial score (nSPS) is 19.3. The number of aromatic amines is 1. The summed E-state index contributed by atoms with van der Waals surface area (Å²) in [4.78, 5) is 28.7. The zero-order valence-electron chi connectivity index (χ0n) is 14.9. The molecule has 8 nitrogen and oxygen atoms in total. The number of rotatable bonds is 6. The van der Waals surface area contributed by atoms with E-state index in [0.717, 1.165) is 34.8 Å². The van der Waals surface area contributed by atoms with Crippen LogP contribution in [0.1, 0.15) is 47.7 Å². The number of hydrogen-bond donors (Lipinski definition) is 3. The van der Waals surface area contributed by atoms with Crippen molar-refractivity contribution in [1.29, 1.82) is 0 Å². The highest BCUT2D eigenvalue weighted by molar-refractivity contribution is 7.11. The predicted molar refractivity (Wildman–Crippen MR) is 98.3 cm³/mol. The van der Waals surface area contributed by atoms with Gasteiger partial charge in [0.15, 0.2) is 5.82 Å².